The van der Waals surface area contributed by atoms with E-state index in [1.165, 1.54) is 37.9 Å². The molecule has 0 saturated heterocycles. The second-order valence-electron chi connectivity index (χ2n) is 15.2. The van der Waals surface area contributed by atoms with Gasteiger partial charge in [0.1, 0.15) is 0 Å². The zero-order valence-electron chi connectivity index (χ0n) is 32.4. The molecule has 6 heteroatoms. The van der Waals surface area contributed by atoms with Crippen LogP contribution >= 0.6 is 0 Å². The van der Waals surface area contributed by atoms with Gasteiger partial charge in [-0.2, -0.15) is 0 Å². The van der Waals surface area contributed by atoms with E-state index in [4.69, 9.17) is 13.8 Å². The molecule has 5 nitrogen and oxygen atoms in total. The molecule has 0 bridgehead atoms. The number of aryl methyl sites for hydroxylation is 2. The fourth-order valence-corrected chi connectivity index (χ4v) is 7.57. The zero-order chi connectivity index (χ0) is 37.2. The minimum absolute atomic E-state index is 0.0277. The summed E-state index contributed by atoms with van der Waals surface area (Å²) in [6.45, 7) is 14.3. The Kier molecular flexibility index (Phi) is 7.63. The SMILES string of the molecule is [2H]C([2H])([2H])n1[c](=[Pt])n(-c2cccc(Oc3cc(-c4cc(C(C)(C)C)cc(C(C)(C)C)c4)c4c(c3)N(c3cc(C)ccn3)CCC4)c2)c2ccccc21. The number of aromatic nitrogens is 3. The van der Waals surface area contributed by atoms with Gasteiger partial charge in [0.2, 0.25) is 0 Å². The third kappa shape index (κ3) is 6.46. The van der Waals surface area contributed by atoms with Crippen molar-refractivity contribution in [3.63, 3.8) is 0 Å². The van der Waals surface area contributed by atoms with Crippen LogP contribution in [0.5, 0.6) is 11.5 Å². The molecule has 7 rings (SSSR count). The molecule has 0 atom stereocenters. The summed E-state index contributed by atoms with van der Waals surface area (Å²) in [5, 5.41) is 0. The van der Waals surface area contributed by atoms with Crippen LogP contribution in [0, 0.1) is 10.7 Å². The summed E-state index contributed by atoms with van der Waals surface area (Å²) < 4.78 is 35.6. The number of fused-ring (bicyclic) bond motifs is 2. The standard InChI is InChI=1S/C43H46N4O.Pt/c1-29-18-19-44-41(21-29)46-20-12-15-36-37(30-22-31(42(2,3)4)24-32(23-30)43(5,6)7)26-35(27-40(36)46)48-34-14-11-13-33(25-34)47-28-45(8)38-16-9-10-17-39(38)47;/h9-11,13-14,16-19,21-27H,12,15,20H2,1-8H3;/i8D3;. The Morgan fingerprint density at radius 2 is 1.53 bits per heavy atom. The van der Waals surface area contributed by atoms with Gasteiger partial charge < -0.3 is 0 Å². The quantitative estimate of drug-likeness (QED) is 0.174. The van der Waals surface area contributed by atoms with Crippen LogP contribution in [0.3, 0.4) is 0 Å². The topological polar surface area (TPSA) is 35.2 Å². The summed E-state index contributed by atoms with van der Waals surface area (Å²) >= 11 is 2.11. The molecule has 1 aliphatic rings. The Balaban J connectivity index is 1.40. The third-order valence-corrected chi connectivity index (χ3v) is 10.5. The van der Waals surface area contributed by atoms with Crippen molar-refractivity contribution in [2.24, 2.45) is 6.98 Å². The monoisotopic (exact) mass is 832 g/mol. The molecule has 4 aromatic carbocycles. The molecule has 0 radical (unpaired) electrons. The van der Waals surface area contributed by atoms with E-state index >= 15 is 0 Å². The summed E-state index contributed by atoms with van der Waals surface area (Å²) in [5.74, 6) is 2.32. The van der Waals surface area contributed by atoms with Gasteiger partial charge in [0.05, 0.1) is 0 Å². The molecule has 0 unspecified atom stereocenters. The predicted molar refractivity (Wildman–Crippen MR) is 199 cm³/mol. The van der Waals surface area contributed by atoms with Gasteiger partial charge >= 0.3 is 224 Å². The first kappa shape index (κ1) is 29.7. The number of benzene rings is 4. The van der Waals surface area contributed by atoms with Crippen LogP contribution < -0.4 is 9.64 Å². The van der Waals surface area contributed by atoms with Gasteiger partial charge in [0.25, 0.3) is 0 Å². The van der Waals surface area contributed by atoms with Crippen molar-refractivity contribution in [2.45, 2.75) is 72.1 Å². The van der Waals surface area contributed by atoms with Crippen molar-refractivity contribution in [3.8, 4) is 28.3 Å². The maximum absolute atomic E-state index is 8.26. The van der Waals surface area contributed by atoms with Gasteiger partial charge in [0.15, 0.2) is 0 Å². The van der Waals surface area contributed by atoms with Gasteiger partial charge in [-0.1, -0.05) is 47.6 Å². The summed E-state index contributed by atoms with van der Waals surface area (Å²) in [4.78, 5) is 7.14. The number of anilines is 2. The molecule has 2 aromatic heterocycles. The van der Waals surface area contributed by atoms with Gasteiger partial charge in [-0.15, -0.1) is 0 Å². The van der Waals surface area contributed by atoms with E-state index < -0.39 is 6.98 Å². The average Bonchev–Trinajstić information content (AvgIpc) is 3.39. The van der Waals surface area contributed by atoms with Gasteiger partial charge in [-0.3, -0.25) is 0 Å². The number of nitrogens with zero attached hydrogens (tertiary/aromatic N) is 4. The van der Waals surface area contributed by atoms with Crippen molar-refractivity contribution in [2.75, 3.05) is 11.4 Å². The molecule has 254 valence electrons. The fraction of sp³-hybridized carbons (Fsp3) is 0.302. The average molecular weight is 833 g/mol. The Morgan fingerprint density at radius 1 is 0.796 bits per heavy atom. The van der Waals surface area contributed by atoms with Crippen molar-refractivity contribution in [3.05, 3.63) is 123 Å². The van der Waals surface area contributed by atoms with Crippen LogP contribution in [0.15, 0.2) is 97.2 Å². The molecule has 0 saturated carbocycles. The molecular formula is C43H46N4OPt. The van der Waals surface area contributed by atoms with Crippen LogP contribution in [-0.2, 0) is 43.6 Å². The minimum atomic E-state index is -2.33. The first-order chi connectivity index (χ1) is 24.5. The van der Waals surface area contributed by atoms with E-state index in [0.29, 0.717) is 15.1 Å². The second kappa shape index (κ2) is 12.6. The first-order valence-corrected chi connectivity index (χ1v) is 18.1. The van der Waals surface area contributed by atoms with Crippen molar-refractivity contribution < 1.29 is 28.2 Å². The van der Waals surface area contributed by atoms with Crippen LogP contribution in [0.2, 0.25) is 0 Å². The third-order valence-electron chi connectivity index (χ3n) is 9.47. The van der Waals surface area contributed by atoms with Gasteiger partial charge in [-0.25, -0.2) is 0 Å². The normalized spacial score (nSPS) is 14.7. The molecule has 1 aliphatic heterocycles. The van der Waals surface area contributed by atoms with Crippen LogP contribution in [-0.4, -0.2) is 20.7 Å². The molecule has 49 heavy (non-hydrogen) atoms. The van der Waals surface area contributed by atoms with Crippen molar-refractivity contribution in [1.82, 2.24) is 14.1 Å². The van der Waals surface area contributed by atoms with Gasteiger partial charge in [-0.05, 0) is 29.4 Å². The van der Waals surface area contributed by atoms with E-state index in [1.807, 2.05) is 65.4 Å². The van der Waals surface area contributed by atoms with E-state index in [-0.39, 0.29) is 10.8 Å². The number of ether oxygens (including phenoxy) is 1. The van der Waals surface area contributed by atoms with Crippen LogP contribution in [0.1, 0.15) is 74.3 Å². The molecular weight excluding hydrogens is 784 g/mol. The van der Waals surface area contributed by atoms with E-state index in [1.54, 1.807) is 0 Å². The molecule has 0 spiro atoms. The fourth-order valence-electron chi connectivity index (χ4n) is 6.73. The number of hydrogen-bond acceptors (Lipinski definition) is 3. The number of rotatable bonds is 5. The Labute approximate surface area is 305 Å². The Morgan fingerprint density at radius 3 is 2.22 bits per heavy atom. The number of hydrogen-bond donors (Lipinski definition) is 0. The molecule has 0 N–H and O–H groups in total. The summed E-state index contributed by atoms with van der Waals surface area (Å²) in [6, 6.07) is 31.1. The Bertz CT molecular complexity index is 2340. The second-order valence-corrected chi connectivity index (χ2v) is 16.2. The molecule has 0 aliphatic carbocycles. The number of imidazole rings is 1. The number of pyridine rings is 1. The van der Waals surface area contributed by atoms with E-state index in [0.717, 1.165) is 47.8 Å². The summed E-state index contributed by atoms with van der Waals surface area (Å²) in [6.07, 6.45) is 3.86. The maximum atomic E-state index is 8.26. The van der Waals surface area contributed by atoms with Crippen molar-refractivity contribution >= 4 is 22.5 Å². The van der Waals surface area contributed by atoms with Crippen LogP contribution in [0.25, 0.3) is 27.8 Å². The summed E-state index contributed by atoms with van der Waals surface area (Å²) in [7, 11) is 0. The van der Waals surface area contributed by atoms with E-state index in [9.17, 15) is 0 Å². The molecule has 6 aromatic rings. The van der Waals surface area contributed by atoms with E-state index in [2.05, 4.69) is 109 Å². The molecule has 0 amide bonds. The van der Waals surface area contributed by atoms with Crippen molar-refractivity contribution in [1.29, 1.82) is 0 Å². The summed E-state index contributed by atoms with van der Waals surface area (Å²) in [5.41, 5.74) is 10.8. The molecule has 3 heterocycles. The predicted octanol–water partition coefficient (Wildman–Crippen LogP) is 10.9. The van der Waals surface area contributed by atoms with Gasteiger partial charge in [0, 0.05) is 6.20 Å². The van der Waals surface area contributed by atoms with Crippen LogP contribution in [0.4, 0.5) is 11.5 Å². The molecule has 0 fully saturated rings. The number of para-hydroxylation sites is 2. The Hall–Kier alpha value is -4.21. The first-order valence-electron chi connectivity index (χ1n) is 18.5. The zero-order valence-corrected chi connectivity index (χ0v) is 31.6.